The van der Waals surface area contributed by atoms with Crippen molar-refractivity contribution >= 4 is 22.2 Å². The van der Waals surface area contributed by atoms with Gasteiger partial charge >= 0.3 is 0 Å². The van der Waals surface area contributed by atoms with E-state index in [9.17, 15) is 0 Å². The van der Waals surface area contributed by atoms with E-state index in [1.165, 1.54) is 11.3 Å². The highest BCUT2D eigenvalue weighted by atomic mass is 32.1. The van der Waals surface area contributed by atoms with Crippen molar-refractivity contribution in [2.45, 2.75) is 6.61 Å². The van der Waals surface area contributed by atoms with Gasteiger partial charge in [-0.1, -0.05) is 11.3 Å². The average Bonchev–Trinajstić information content (AvgIpc) is 2.77. The number of ether oxygens (including phenoxy) is 1. The zero-order chi connectivity index (χ0) is 12.3. The number of aromatic nitrogens is 2. The van der Waals surface area contributed by atoms with Gasteiger partial charge in [-0.25, -0.2) is 0 Å². The molecule has 2 N–H and O–H groups in total. The number of nitrogens with two attached hydrogens (primary N) is 1. The lowest BCUT2D eigenvalue weighted by atomic mass is 10.3. The van der Waals surface area contributed by atoms with Crippen LogP contribution in [0.25, 0.3) is 0 Å². The van der Waals surface area contributed by atoms with E-state index < -0.39 is 0 Å². The molecule has 17 heavy (non-hydrogen) atoms. The molecule has 1 aromatic heterocycles. The number of anilines is 2. The van der Waals surface area contributed by atoms with Crippen LogP contribution in [0.15, 0.2) is 24.3 Å². The Bertz CT molecular complexity index is 480. The molecule has 0 saturated carbocycles. The minimum absolute atomic E-state index is 0.426. The first kappa shape index (κ1) is 11.7. The fraction of sp³-hybridized carbons (Fsp3) is 0.273. The van der Waals surface area contributed by atoms with Crippen LogP contribution in [0.4, 0.5) is 10.8 Å². The van der Waals surface area contributed by atoms with Crippen molar-refractivity contribution in [3.8, 4) is 5.75 Å². The molecule has 0 atom stereocenters. The molecule has 2 aromatic rings. The molecule has 0 aliphatic heterocycles. The summed E-state index contributed by atoms with van der Waals surface area (Å²) in [5, 5.41) is 9.81. The molecule has 0 aliphatic carbocycles. The zero-order valence-corrected chi connectivity index (χ0v) is 10.6. The third-order valence-electron chi connectivity index (χ3n) is 2.08. The molecule has 1 aromatic carbocycles. The van der Waals surface area contributed by atoms with E-state index in [0.717, 1.165) is 21.6 Å². The maximum absolute atomic E-state index is 5.59. The van der Waals surface area contributed by atoms with Gasteiger partial charge in [-0.2, -0.15) is 0 Å². The summed E-state index contributed by atoms with van der Waals surface area (Å²) in [5.74, 6) is 0.779. The van der Waals surface area contributed by atoms with Crippen LogP contribution in [0.5, 0.6) is 5.75 Å². The number of nitrogens with zero attached hydrogens (tertiary/aromatic N) is 3. The third kappa shape index (κ3) is 3.07. The van der Waals surface area contributed by atoms with Crippen molar-refractivity contribution in [2.75, 3.05) is 24.7 Å². The van der Waals surface area contributed by atoms with E-state index in [-0.39, 0.29) is 0 Å². The van der Waals surface area contributed by atoms with Crippen LogP contribution in [-0.2, 0) is 6.61 Å². The first-order valence-corrected chi connectivity index (χ1v) is 5.95. The number of nitrogen functional groups attached to an aromatic ring is 1. The highest BCUT2D eigenvalue weighted by Gasteiger charge is 2.06. The smallest absolute Gasteiger partial charge is 0.207 e. The molecule has 0 spiro atoms. The lowest BCUT2D eigenvalue weighted by Crippen LogP contribution is -2.07. The van der Waals surface area contributed by atoms with E-state index in [4.69, 9.17) is 10.5 Å². The lowest BCUT2D eigenvalue weighted by molar-refractivity contribution is 0.304. The van der Waals surface area contributed by atoms with Gasteiger partial charge in [-0.3, -0.25) is 0 Å². The fourth-order valence-corrected chi connectivity index (χ4v) is 1.87. The Balaban J connectivity index is 1.95. The Kier molecular flexibility index (Phi) is 3.43. The van der Waals surface area contributed by atoms with Crippen molar-refractivity contribution in [3.05, 3.63) is 29.3 Å². The van der Waals surface area contributed by atoms with Gasteiger partial charge in [0, 0.05) is 19.8 Å². The summed E-state index contributed by atoms with van der Waals surface area (Å²) in [5.41, 5.74) is 6.31. The van der Waals surface area contributed by atoms with E-state index >= 15 is 0 Å². The van der Waals surface area contributed by atoms with E-state index in [1.807, 2.05) is 31.1 Å². The average molecular weight is 250 g/mol. The first-order valence-electron chi connectivity index (χ1n) is 5.13. The summed E-state index contributed by atoms with van der Waals surface area (Å²) in [7, 11) is 3.87. The highest BCUT2D eigenvalue weighted by molar-refractivity contribution is 7.15. The summed E-state index contributed by atoms with van der Waals surface area (Å²) in [6.07, 6.45) is 0. The summed E-state index contributed by atoms with van der Waals surface area (Å²) < 4.78 is 5.57. The molecule has 0 radical (unpaired) electrons. The Morgan fingerprint density at radius 3 is 2.53 bits per heavy atom. The SMILES string of the molecule is CN(C)c1nnc(COc2ccc(N)cc2)s1. The molecular weight excluding hydrogens is 236 g/mol. The van der Waals surface area contributed by atoms with Gasteiger partial charge in [0.25, 0.3) is 0 Å². The molecule has 1 heterocycles. The maximum Gasteiger partial charge on any atom is 0.207 e. The summed E-state index contributed by atoms with van der Waals surface area (Å²) in [6, 6.07) is 7.29. The molecule has 6 heteroatoms. The quantitative estimate of drug-likeness (QED) is 0.838. The minimum atomic E-state index is 0.426. The topological polar surface area (TPSA) is 64.3 Å². The Labute approximate surface area is 104 Å². The Morgan fingerprint density at radius 2 is 1.94 bits per heavy atom. The highest BCUT2D eigenvalue weighted by Crippen LogP contribution is 2.20. The van der Waals surface area contributed by atoms with Crippen LogP contribution in [0.3, 0.4) is 0 Å². The number of hydrogen-bond acceptors (Lipinski definition) is 6. The molecule has 2 rings (SSSR count). The molecule has 0 amide bonds. The second kappa shape index (κ2) is 5.01. The van der Waals surface area contributed by atoms with Gasteiger partial charge in [-0.15, -0.1) is 10.2 Å². The molecule has 0 aliphatic rings. The second-order valence-corrected chi connectivity index (χ2v) is 4.77. The summed E-state index contributed by atoms with van der Waals surface area (Å²) >= 11 is 1.52. The van der Waals surface area contributed by atoms with Gasteiger partial charge in [0.05, 0.1) is 0 Å². The van der Waals surface area contributed by atoms with Crippen LogP contribution in [-0.4, -0.2) is 24.3 Å². The van der Waals surface area contributed by atoms with Crippen molar-refractivity contribution < 1.29 is 4.74 Å². The minimum Gasteiger partial charge on any atom is -0.486 e. The van der Waals surface area contributed by atoms with Gasteiger partial charge in [0.1, 0.15) is 12.4 Å². The molecular formula is C11H14N4OS. The predicted molar refractivity (Wildman–Crippen MR) is 69.4 cm³/mol. The summed E-state index contributed by atoms with van der Waals surface area (Å²) in [6.45, 7) is 0.426. The first-order chi connectivity index (χ1) is 8.15. The fourth-order valence-electron chi connectivity index (χ4n) is 1.19. The van der Waals surface area contributed by atoms with Gasteiger partial charge in [-0.05, 0) is 24.3 Å². The van der Waals surface area contributed by atoms with Crippen molar-refractivity contribution in [1.82, 2.24) is 10.2 Å². The molecule has 0 fully saturated rings. The van der Waals surface area contributed by atoms with Gasteiger partial charge in [0.2, 0.25) is 5.13 Å². The van der Waals surface area contributed by atoms with Crippen LogP contribution in [0.2, 0.25) is 0 Å². The number of rotatable bonds is 4. The van der Waals surface area contributed by atoms with Gasteiger partial charge in [0.15, 0.2) is 5.01 Å². The molecule has 0 bridgehead atoms. The number of hydrogen-bond donors (Lipinski definition) is 1. The third-order valence-corrected chi connectivity index (χ3v) is 3.15. The molecule has 5 nitrogen and oxygen atoms in total. The summed E-state index contributed by atoms with van der Waals surface area (Å²) in [4.78, 5) is 1.92. The second-order valence-electron chi connectivity index (χ2n) is 3.73. The zero-order valence-electron chi connectivity index (χ0n) is 9.75. The molecule has 90 valence electrons. The van der Waals surface area contributed by atoms with Crippen molar-refractivity contribution in [2.24, 2.45) is 0 Å². The normalized spacial score (nSPS) is 10.2. The maximum atomic E-state index is 5.59. The van der Waals surface area contributed by atoms with Crippen molar-refractivity contribution in [1.29, 1.82) is 0 Å². The van der Waals surface area contributed by atoms with E-state index in [1.54, 1.807) is 12.1 Å². The van der Waals surface area contributed by atoms with E-state index in [0.29, 0.717) is 6.61 Å². The van der Waals surface area contributed by atoms with Crippen LogP contribution in [0.1, 0.15) is 5.01 Å². The Hall–Kier alpha value is -1.82. The monoisotopic (exact) mass is 250 g/mol. The lowest BCUT2D eigenvalue weighted by Gasteiger charge is -2.04. The van der Waals surface area contributed by atoms with Crippen LogP contribution in [0, 0.1) is 0 Å². The largest absolute Gasteiger partial charge is 0.486 e. The number of benzene rings is 1. The van der Waals surface area contributed by atoms with Gasteiger partial charge < -0.3 is 15.4 Å². The Morgan fingerprint density at radius 1 is 1.24 bits per heavy atom. The van der Waals surface area contributed by atoms with E-state index in [2.05, 4.69) is 10.2 Å². The van der Waals surface area contributed by atoms with Crippen LogP contribution >= 0.6 is 11.3 Å². The molecule has 0 saturated heterocycles. The molecule has 0 unspecified atom stereocenters. The van der Waals surface area contributed by atoms with Crippen molar-refractivity contribution in [3.63, 3.8) is 0 Å². The standard InChI is InChI=1S/C11H14N4OS/c1-15(2)11-14-13-10(17-11)7-16-9-5-3-8(12)4-6-9/h3-6H,7,12H2,1-2H3. The predicted octanol–water partition coefficient (Wildman–Crippen LogP) is 1.77. The van der Waals surface area contributed by atoms with Crippen LogP contribution < -0.4 is 15.4 Å².